The van der Waals surface area contributed by atoms with Crippen LogP contribution in [0, 0.1) is 0 Å². The van der Waals surface area contributed by atoms with Gasteiger partial charge in [-0.25, -0.2) is 4.79 Å². The molecule has 2 aliphatic rings. The van der Waals surface area contributed by atoms with Crippen molar-refractivity contribution in [3.8, 4) is 28.7 Å². The highest BCUT2D eigenvalue weighted by Gasteiger charge is 2.48. The number of aliphatic hydroxyl groups is 3. The Kier molecular flexibility index (Phi) is 6.72. The van der Waals surface area contributed by atoms with Gasteiger partial charge in [-0.1, -0.05) is 6.07 Å². The van der Waals surface area contributed by atoms with E-state index in [0.29, 0.717) is 11.3 Å². The minimum atomic E-state index is -1.87. The number of fused-ring (bicyclic) bond motifs is 1. The van der Waals surface area contributed by atoms with Gasteiger partial charge in [-0.05, 0) is 17.7 Å². The minimum Gasteiger partial charge on any atom is -0.507 e. The summed E-state index contributed by atoms with van der Waals surface area (Å²) in [5.74, 6) is -1.57. The van der Waals surface area contributed by atoms with Crippen molar-refractivity contribution < 1.29 is 58.8 Å². The van der Waals surface area contributed by atoms with E-state index in [1.165, 1.54) is 38.5 Å². The quantitative estimate of drug-likeness (QED) is 0.375. The molecule has 1 saturated heterocycles. The number of aliphatic carboxylic acids is 1. The first-order valence-corrected chi connectivity index (χ1v) is 10.5. The van der Waals surface area contributed by atoms with Gasteiger partial charge in [-0.3, -0.25) is 4.79 Å². The zero-order valence-corrected chi connectivity index (χ0v) is 18.7. The van der Waals surface area contributed by atoms with Crippen LogP contribution in [0.3, 0.4) is 0 Å². The van der Waals surface area contributed by atoms with Crippen LogP contribution in [0.5, 0.6) is 28.7 Å². The summed E-state index contributed by atoms with van der Waals surface area (Å²) in [6.45, 7) is 0. The lowest BCUT2D eigenvalue weighted by Crippen LogP contribution is -2.61. The Labute approximate surface area is 198 Å². The Morgan fingerprint density at radius 2 is 1.74 bits per heavy atom. The Hall–Kier alpha value is -3.58. The van der Waals surface area contributed by atoms with Gasteiger partial charge >= 0.3 is 5.97 Å². The second-order valence-corrected chi connectivity index (χ2v) is 8.02. The lowest BCUT2D eigenvalue weighted by atomic mass is 9.95. The van der Waals surface area contributed by atoms with Crippen molar-refractivity contribution in [1.82, 2.24) is 0 Å². The Balaban J connectivity index is 1.63. The van der Waals surface area contributed by atoms with Gasteiger partial charge < -0.3 is 49.2 Å². The average Bonchev–Trinajstić information content (AvgIpc) is 2.83. The van der Waals surface area contributed by atoms with E-state index >= 15 is 0 Å². The number of carbonyl (C=O) groups excluding carboxylic acids is 1. The van der Waals surface area contributed by atoms with Gasteiger partial charge in [0.15, 0.2) is 23.4 Å². The molecule has 0 radical (unpaired) electrons. The summed E-state index contributed by atoms with van der Waals surface area (Å²) in [5, 5.41) is 49.6. The third kappa shape index (κ3) is 4.56. The zero-order valence-electron chi connectivity index (χ0n) is 18.7. The molecule has 0 bridgehead atoms. The van der Waals surface area contributed by atoms with Crippen molar-refractivity contribution in [2.24, 2.45) is 0 Å². The molecule has 0 aliphatic carbocycles. The number of aromatic hydroxyl groups is 1. The number of rotatable bonds is 6. The van der Waals surface area contributed by atoms with Crippen molar-refractivity contribution in [2.75, 3.05) is 14.2 Å². The van der Waals surface area contributed by atoms with E-state index in [9.17, 15) is 35.1 Å². The van der Waals surface area contributed by atoms with Crippen LogP contribution in [-0.4, -0.2) is 82.2 Å². The molecule has 2 aliphatic heterocycles. The number of hydrogen-bond donors (Lipinski definition) is 5. The van der Waals surface area contributed by atoms with Gasteiger partial charge in [-0.15, -0.1) is 0 Å². The highest BCUT2D eigenvalue weighted by atomic mass is 16.7. The fourth-order valence-corrected chi connectivity index (χ4v) is 3.98. The third-order valence-corrected chi connectivity index (χ3v) is 5.83. The fraction of sp³-hybridized carbons (Fsp3) is 0.391. The van der Waals surface area contributed by atoms with Gasteiger partial charge in [0.2, 0.25) is 6.29 Å². The van der Waals surface area contributed by atoms with Gasteiger partial charge in [-0.2, -0.15) is 0 Å². The number of phenols is 1. The number of aliphatic hydroxyl groups excluding tert-OH is 3. The molecule has 0 amide bonds. The van der Waals surface area contributed by atoms with Crippen LogP contribution in [0.15, 0.2) is 30.3 Å². The van der Waals surface area contributed by atoms with Crippen LogP contribution in [0.25, 0.3) is 0 Å². The molecule has 2 aromatic rings. The van der Waals surface area contributed by atoms with Crippen LogP contribution in [0.1, 0.15) is 28.4 Å². The van der Waals surface area contributed by atoms with E-state index in [1.54, 1.807) is 6.07 Å². The third-order valence-electron chi connectivity index (χ3n) is 5.83. The molecule has 2 aromatic carbocycles. The summed E-state index contributed by atoms with van der Waals surface area (Å²) in [7, 11) is 2.76. The maximum atomic E-state index is 12.7. The summed E-state index contributed by atoms with van der Waals surface area (Å²) in [6.07, 6.45) is -9.88. The highest BCUT2D eigenvalue weighted by Crippen LogP contribution is 2.43. The summed E-state index contributed by atoms with van der Waals surface area (Å²) in [4.78, 5) is 24.1. The first-order valence-electron chi connectivity index (χ1n) is 10.5. The topological polar surface area (TPSA) is 181 Å². The van der Waals surface area contributed by atoms with Crippen molar-refractivity contribution in [3.63, 3.8) is 0 Å². The molecular weight excluding hydrogens is 468 g/mol. The predicted octanol–water partition coefficient (Wildman–Crippen LogP) is 0.387. The van der Waals surface area contributed by atoms with Crippen molar-refractivity contribution >= 4 is 11.8 Å². The molecule has 5 N–H and O–H groups in total. The van der Waals surface area contributed by atoms with Crippen LogP contribution < -0.4 is 18.9 Å². The van der Waals surface area contributed by atoms with E-state index in [4.69, 9.17) is 23.7 Å². The molecule has 2 heterocycles. The molecule has 1 unspecified atom stereocenters. The smallest absolute Gasteiger partial charge is 0.335 e. The molecule has 4 rings (SSSR count). The molecule has 6 atom stereocenters. The maximum absolute atomic E-state index is 12.7. The van der Waals surface area contributed by atoms with E-state index in [-0.39, 0.29) is 40.8 Å². The summed E-state index contributed by atoms with van der Waals surface area (Å²) < 4.78 is 27.1. The van der Waals surface area contributed by atoms with Gasteiger partial charge in [0, 0.05) is 12.1 Å². The molecule has 1 fully saturated rings. The Bertz CT molecular complexity index is 1130. The molecule has 12 nitrogen and oxygen atoms in total. The molecular formula is C23H24O12. The first kappa shape index (κ1) is 24.5. The number of phenolic OH excluding ortho intramolecular Hbond substituents is 1. The Morgan fingerprint density at radius 3 is 2.40 bits per heavy atom. The van der Waals surface area contributed by atoms with E-state index in [0.717, 1.165) is 0 Å². The second kappa shape index (κ2) is 9.58. The zero-order chi connectivity index (χ0) is 25.4. The summed E-state index contributed by atoms with van der Waals surface area (Å²) >= 11 is 0. The number of methoxy groups -OCH3 is 2. The van der Waals surface area contributed by atoms with Gasteiger partial charge in [0.1, 0.15) is 47.2 Å². The second-order valence-electron chi connectivity index (χ2n) is 8.02. The molecule has 12 heteroatoms. The summed E-state index contributed by atoms with van der Waals surface area (Å²) in [5.41, 5.74) is 0.501. The number of benzene rings is 2. The Morgan fingerprint density at radius 1 is 1.00 bits per heavy atom. The van der Waals surface area contributed by atoms with Crippen LogP contribution >= 0.6 is 0 Å². The number of carbonyl (C=O) groups is 2. The number of Topliss-reactive ketones (excluding diaryl/α,β-unsaturated/α-hetero) is 1. The SMILES string of the molecule is COc1cc(O)c2c(c1)OC(c1ccc(OC)c(O[C@@H]3O[C@H](C(=O)O)[C@@H](O)[C@H](O)[C@H]3O)c1)CC2=O. The number of carboxylic acids is 1. The lowest BCUT2D eigenvalue weighted by Gasteiger charge is -2.38. The van der Waals surface area contributed by atoms with Crippen molar-refractivity contribution in [2.45, 2.75) is 43.2 Å². The summed E-state index contributed by atoms with van der Waals surface area (Å²) in [6, 6.07) is 7.36. The highest BCUT2D eigenvalue weighted by molar-refractivity contribution is 6.02. The van der Waals surface area contributed by atoms with E-state index < -0.39 is 42.8 Å². The standard InChI is InChI=1S/C23H24O12/c1-31-10-6-11(24)17-12(25)8-14(33-16(17)7-10)9-3-4-13(32-2)15(5-9)34-23-20(28)18(26)19(27)21(35-23)22(29)30/h3-7,14,18-21,23-24,26-28H,8H2,1-2H3,(H,29,30)/t14?,18-,19-,20+,21-,23+/m0/s1. The lowest BCUT2D eigenvalue weighted by molar-refractivity contribution is -0.271. The largest absolute Gasteiger partial charge is 0.507 e. The average molecular weight is 492 g/mol. The van der Waals surface area contributed by atoms with Crippen LogP contribution in [0.2, 0.25) is 0 Å². The predicted molar refractivity (Wildman–Crippen MR) is 115 cm³/mol. The normalized spacial score (nSPS) is 28.0. The van der Waals surface area contributed by atoms with Gasteiger partial charge in [0.05, 0.1) is 20.6 Å². The molecule has 188 valence electrons. The number of ether oxygens (including phenoxy) is 5. The fourth-order valence-electron chi connectivity index (χ4n) is 3.98. The molecule has 0 aromatic heterocycles. The minimum absolute atomic E-state index is 0.00267. The first-order chi connectivity index (χ1) is 16.6. The molecule has 0 saturated carbocycles. The van der Waals surface area contributed by atoms with E-state index in [2.05, 4.69) is 0 Å². The van der Waals surface area contributed by atoms with Crippen LogP contribution in [0.4, 0.5) is 0 Å². The van der Waals surface area contributed by atoms with E-state index in [1.807, 2.05) is 0 Å². The molecule has 35 heavy (non-hydrogen) atoms. The number of hydrogen-bond acceptors (Lipinski definition) is 11. The number of carboxylic acid groups (broad SMARTS) is 1. The maximum Gasteiger partial charge on any atom is 0.335 e. The molecule has 0 spiro atoms. The van der Waals surface area contributed by atoms with Gasteiger partial charge in [0.25, 0.3) is 0 Å². The number of ketones is 1. The van der Waals surface area contributed by atoms with Crippen molar-refractivity contribution in [1.29, 1.82) is 0 Å². The van der Waals surface area contributed by atoms with Crippen molar-refractivity contribution in [3.05, 3.63) is 41.5 Å². The van der Waals surface area contributed by atoms with Crippen LogP contribution in [-0.2, 0) is 9.53 Å². The monoisotopic (exact) mass is 492 g/mol.